The van der Waals surface area contributed by atoms with Crippen LogP contribution in [0.2, 0.25) is 0 Å². The van der Waals surface area contributed by atoms with E-state index in [9.17, 15) is 0 Å². The van der Waals surface area contributed by atoms with Crippen LogP contribution in [0.5, 0.6) is 0 Å². The SMILES string of the molecule is CN1C=CN(C)C1.CN1C=CN(c2ccccc2)C1. The van der Waals surface area contributed by atoms with Crippen molar-refractivity contribution < 1.29 is 0 Å². The lowest BCUT2D eigenvalue weighted by molar-refractivity contribution is 0.340. The number of rotatable bonds is 1. The van der Waals surface area contributed by atoms with E-state index in [1.54, 1.807) is 0 Å². The molecule has 0 spiro atoms. The maximum atomic E-state index is 2.21. The Kier molecular flexibility index (Phi) is 4.34. The number of anilines is 1. The second-order valence-corrected chi connectivity index (χ2v) is 4.96. The molecule has 0 fully saturated rings. The van der Waals surface area contributed by atoms with Crippen LogP contribution in [-0.2, 0) is 0 Å². The van der Waals surface area contributed by atoms with Crippen LogP contribution in [0, 0.1) is 0 Å². The molecule has 0 N–H and O–H groups in total. The first-order valence-corrected chi connectivity index (χ1v) is 6.44. The molecule has 0 saturated heterocycles. The van der Waals surface area contributed by atoms with E-state index in [0.717, 1.165) is 13.3 Å². The van der Waals surface area contributed by atoms with Crippen LogP contribution in [0.4, 0.5) is 5.69 Å². The fourth-order valence-electron chi connectivity index (χ4n) is 1.99. The predicted molar refractivity (Wildman–Crippen MR) is 80.2 cm³/mol. The van der Waals surface area contributed by atoms with Crippen LogP contribution >= 0.6 is 0 Å². The van der Waals surface area contributed by atoms with Crippen molar-refractivity contribution >= 4 is 5.69 Å². The molecule has 0 saturated carbocycles. The van der Waals surface area contributed by atoms with Gasteiger partial charge in [0.05, 0.1) is 13.3 Å². The highest BCUT2D eigenvalue weighted by Gasteiger charge is 2.08. The summed E-state index contributed by atoms with van der Waals surface area (Å²) in [7, 11) is 6.18. The molecule has 0 aliphatic carbocycles. The molecular weight excluding hydrogens is 236 g/mol. The Morgan fingerprint density at radius 2 is 1.21 bits per heavy atom. The maximum absolute atomic E-state index is 2.21. The van der Waals surface area contributed by atoms with E-state index in [-0.39, 0.29) is 0 Å². The maximum Gasteiger partial charge on any atom is 0.0938 e. The van der Waals surface area contributed by atoms with E-state index in [0.29, 0.717) is 0 Å². The summed E-state index contributed by atoms with van der Waals surface area (Å²) >= 11 is 0. The molecule has 4 nitrogen and oxygen atoms in total. The van der Waals surface area contributed by atoms with E-state index < -0.39 is 0 Å². The van der Waals surface area contributed by atoms with Gasteiger partial charge in [0.2, 0.25) is 0 Å². The first-order valence-electron chi connectivity index (χ1n) is 6.44. The average molecular weight is 258 g/mol. The third-order valence-corrected chi connectivity index (χ3v) is 2.99. The number of para-hydroxylation sites is 1. The molecule has 0 bridgehead atoms. The van der Waals surface area contributed by atoms with Gasteiger partial charge in [-0.2, -0.15) is 0 Å². The molecular formula is C15H22N4. The van der Waals surface area contributed by atoms with Gasteiger partial charge in [-0.05, 0) is 12.1 Å². The van der Waals surface area contributed by atoms with Crippen molar-refractivity contribution in [3.05, 3.63) is 55.1 Å². The highest BCUT2D eigenvalue weighted by Crippen LogP contribution is 2.16. The van der Waals surface area contributed by atoms with Crippen molar-refractivity contribution in [1.82, 2.24) is 14.7 Å². The van der Waals surface area contributed by atoms with Gasteiger partial charge < -0.3 is 19.6 Å². The van der Waals surface area contributed by atoms with Gasteiger partial charge in [0.25, 0.3) is 0 Å². The summed E-state index contributed by atoms with van der Waals surface area (Å²) in [4.78, 5) is 8.60. The zero-order valence-electron chi connectivity index (χ0n) is 11.9. The van der Waals surface area contributed by atoms with Crippen LogP contribution in [-0.4, -0.2) is 49.2 Å². The van der Waals surface area contributed by atoms with E-state index in [4.69, 9.17) is 0 Å². The third-order valence-electron chi connectivity index (χ3n) is 2.99. The van der Waals surface area contributed by atoms with Gasteiger partial charge in [0, 0.05) is 51.6 Å². The summed E-state index contributed by atoms with van der Waals surface area (Å²) in [6.45, 7) is 1.98. The molecule has 0 unspecified atom stereocenters. The smallest absolute Gasteiger partial charge is 0.0938 e. The normalized spacial score (nSPS) is 17.0. The summed E-state index contributed by atoms with van der Waals surface area (Å²) < 4.78 is 0. The van der Waals surface area contributed by atoms with Gasteiger partial charge in [-0.3, -0.25) is 0 Å². The van der Waals surface area contributed by atoms with E-state index in [2.05, 4.69) is 89.8 Å². The van der Waals surface area contributed by atoms with Crippen molar-refractivity contribution in [2.75, 3.05) is 39.4 Å². The quantitative estimate of drug-likeness (QED) is 0.765. The Bertz CT molecular complexity index is 431. The van der Waals surface area contributed by atoms with Crippen LogP contribution in [0.25, 0.3) is 0 Å². The minimum absolute atomic E-state index is 0.948. The van der Waals surface area contributed by atoms with Gasteiger partial charge in [0.1, 0.15) is 0 Å². The monoisotopic (exact) mass is 258 g/mol. The molecule has 2 heterocycles. The lowest BCUT2D eigenvalue weighted by atomic mass is 10.3. The van der Waals surface area contributed by atoms with Gasteiger partial charge in [-0.15, -0.1) is 0 Å². The Labute approximate surface area is 115 Å². The molecule has 1 aromatic carbocycles. The van der Waals surface area contributed by atoms with Crippen molar-refractivity contribution in [2.45, 2.75) is 0 Å². The predicted octanol–water partition coefficient (Wildman–Crippen LogP) is 2.16. The molecule has 0 radical (unpaired) electrons. The summed E-state index contributed by atoms with van der Waals surface area (Å²) in [5.74, 6) is 0. The Morgan fingerprint density at radius 3 is 1.63 bits per heavy atom. The lowest BCUT2D eigenvalue weighted by Crippen LogP contribution is -2.21. The topological polar surface area (TPSA) is 13.0 Å². The Balaban J connectivity index is 0.000000163. The summed E-state index contributed by atoms with van der Waals surface area (Å²) in [6, 6.07) is 10.4. The highest BCUT2D eigenvalue weighted by molar-refractivity contribution is 5.49. The van der Waals surface area contributed by atoms with Gasteiger partial charge in [0.15, 0.2) is 0 Å². The average Bonchev–Trinajstić information content (AvgIpc) is 3.00. The Morgan fingerprint density at radius 1 is 0.684 bits per heavy atom. The van der Waals surface area contributed by atoms with Gasteiger partial charge >= 0.3 is 0 Å². The van der Waals surface area contributed by atoms with Crippen LogP contribution in [0.15, 0.2) is 55.1 Å². The van der Waals surface area contributed by atoms with E-state index in [1.165, 1.54) is 5.69 Å². The number of hydrogen-bond donors (Lipinski definition) is 0. The van der Waals surface area contributed by atoms with Gasteiger partial charge in [-0.25, -0.2) is 0 Å². The van der Waals surface area contributed by atoms with Crippen molar-refractivity contribution in [2.24, 2.45) is 0 Å². The molecule has 102 valence electrons. The summed E-state index contributed by atoms with van der Waals surface area (Å²) in [6.07, 6.45) is 8.28. The molecule has 0 amide bonds. The van der Waals surface area contributed by atoms with Gasteiger partial charge in [-0.1, -0.05) is 18.2 Å². The van der Waals surface area contributed by atoms with Crippen molar-refractivity contribution in [1.29, 1.82) is 0 Å². The molecule has 0 aromatic heterocycles. The number of nitrogens with zero attached hydrogens (tertiary/aromatic N) is 4. The van der Waals surface area contributed by atoms with E-state index >= 15 is 0 Å². The number of benzene rings is 1. The lowest BCUT2D eigenvalue weighted by Gasteiger charge is -2.17. The second-order valence-electron chi connectivity index (χ2n) is 4.96. The molecule has 0 atom stereocenters. The first kappa shape index (κ1) is 13.3. The zero-order chi connectivity index (χ0) is 13.7. The van der Waals surface area contributed by atoms with Crippen molar-refractivity contribution in [3.63, 3.8) is 0 Å². The second kappa shape index (κ2) is 6.18. The largest absolute Gasteiger partial charge is 0.362 e. The fourth-order valence-corrected chi connectivity index (χ4v) is 1.99. The highest BCUT2D eigenvalue weighted by atomic mass is 15.3. The molecule has 3 rings (SSSR count). The summed E-state index contributed by atoms with van der Waals surface area (Å²) in [5.41, 5.74) is 1.25. The molecule has 1 aromatic rings. The molecule has 19 heavy (non-hydrogen) atoms. The number of hydrogen-bond acceptors (Lipinski definition) is 4. The van der Waals surface area contributed by atoms with Crippen molar-refractivity contribution in [3.8, 4) is 0 Å². The third kappa shape index (κ3) is 3.95. The Hall–Kier alpha value is -2.10. The van der Waals surface area contributed by atoms with Crippen LogP contribution in [0.3, 0.4) is 0 Å². The molecule has 4 heteroatoms. The molecule has 2 aliphatic rings. The van der Waals surface area contributed by atoms with Crippen LogP contribution < -0.4 is 4.90 Å². The first-order chi connectivity index (χ1) is 9.15. The minimum atomic E-state index is 0.948. The minimum Gasteiger partial charge on any atom is -0.362 e. The van der Waals surface area contributed by atoms with E-state index in [1.807, 2.05) is 6.07 Å². The zero-order valence-corrected chi connectivity index (χ0v) is 11.9. The summed E-state index contributed by atoms with van der Waals surface area (Å²) in [5, 5.41) is 0. The van der Waals surface area contributed by atoms with Crippen LogP contribution in [0.1, 0.15) is 0 Å². The standard InChI is InChI=1S/C10H12N2.C5H10N2/c1-11-7-8-12(9-11)10-5-3-2-4-6-10;1-6-3-4-7(2)5-6/h2-8H,9H2,1H3;3-4H,5H2,1-2H3. The molecule has 2 aliphatic heterocycles. The fraction of sp³-hybridized carbons (Fsp3) is 0.333.